The molecule has 0 amide bonds. The van der Waals surface area contributed by atoms with E-state index in [9.17, 15) is 0 Å². The Hall–Kier alpha value is -6.14. The van der Waals surface area contributed by atoms with E-state index in [4.69, 9.17) is 4.98 Å². The fourth-order valence-corrected chi connectivity index (χ4v) is 19.6. The summed E-state index contributed by atoms with van der Waals surface area (Å²) in [6, 6.07) is 79.9. The third-order valence-electron chi connectivity index (χ3n) is 12.2. The van der Waals surface area contributed by atoms with E-state index in [1.807, 2.05) is 140 Å². The van der Waals surface area contributed by atoms with Crippen LogP contribution in [0, 0.1) is 0 Å². The molecule has 11 rings (SSSR count). The number of benzene rings is 9. The van der Waals surface area contributed by atoms with E-state index < -0.39 is 19.8 Å². The molecule has 302 valence electrons. The van der Waals surface area contributed by atoms with Crippen molar-refractivity contribution in [2.75, 3.05) is 0 Å². The molecule has 0 bridgehead atoms. The quantitative estimate of drug-likeness (QED) is 0.0824. The number of pyridine rings is 1. The molecule has 9 aromatic carbocycles. The zero-order valence-electron chi connectivity index (χ0n) is 34.0. The Balaban J connectivity index is 1.27. The van der Waals surface area contributed by atoms with Crippen molar-refractivity contribution in [1.29, 1.82) is 0 Å². The van der Waals surface area contributed by atoms with Gasteiger partial charge in [-0.05, 0) is 0 Å². The second-order valence-electron chi connectivity index (χ2n) is 15.7. The number of hydrogen-bond acceptors (Lipinski definition) is 3. The van der Waals surface area contributed by atoms with E-state index in [1.54, 1.807) is 0 Å². The fourth-order valence-electron chi connectivity index (χ4n) is 9.19. The summed E-state index contributed by atoms with van der Waals surface area (Å²) < 4.78 is 34.3. The Morgan fingerprint density at radius 3 is 1.27 bits per heavy atom. The normalized spacial score (nSPS) is 12.3. The van der Waals surface area contributed by atoms with Crippen LogP contribution < -0.4 is 47.7 Å². The molecule has 0 aliphatic carbocycles. The molecule has 0 aliphatic rings. The first kappa shape index (κ1) is 39.7. The van der Waals surface area contributed by atoms with E-state index in [0.717, 1.165) is 53.7 Å². The van der Waals surface area contributed by atoms with Gasteiger partial charge in [-0.1, -0.05) is 48.5 Å². The molecular formula is C55H39N2O2P3Se. The zero-order chi connectivity index (χ0) is 42.6. The van der Waals surface area contributed by atoms with E-state index in [1.165, 1.54) is 15.9 Å². The van der Waals surface area contributed by atoms with Crippen molar-refractivity contribution in [2.24, 2.45) is 0 Å². The molecule has 4 nitrogen and oxygen atoms in total. The minimum absolute atomic E-state index is 0.672. The van der Waals surface area contributed by atoms with E-state index in [0.29, 0.717) is 16.5 Å². The molecule has 0 spiro atoms. The van der Waals surface area contributed by atoms with Gasteiger partial charge in [-0.25, -0.2) is 0 Å². The number of para-hydroxylation sites is 1. The Kier molecular flexibility index (Phi) is 10.0. The van der Waals surface area contributed by atoms with Crippen LogP contribution in [0.5, 0.6) is 0 Å². The molecule has 0 radical (unpaired) electrons. The van der Waals surface area contributed by atoms with Crippen LogP contribution in [0.1, 0.15) is 0 Å². The third-order valence-corrected chi connectivity index (χ3v) is 25.4. The third kappa shape index (κ3) is 6.34. The number of hydrogen-bond donors (Lipinski definition) is 0. The molecule has 11 aromatic rings. The molecule has 0 aliphatic heterocycles. The van der Waals surface area contributed by atoms with Gasteiger partial charge >= 0.3 is 328 Å². The summed E-state index contributed by atoms with van der Waals surface area (Å²) in [5.74, 6) is 0. The average Bonchev–Trinajstić information content (AvgIpc) is 3.77. The maximum absolute atomic E-state index is 16.1. The minimum atomic E-state index is -3.43. The van der Waals surface area contributed by atoms with Crippen molar-refractivity contribution in [3.63, 3.8) is 0 Å². The summed E-state index contributed by atoms with van der Waals surface area (Å²) in [4.78, 5) is 5.55. The molecule has 0 saturated heterocycles. The van der Waals surface area contributed by atoms with Gasteiger partial charge in [-0.3, -0.25) is 0 Å². The van der Waals surface area contributed by atoms with Crippen molar-refractivity contribution in [2.45, 2.75) is 0 Å². The van der Waals surface area contributed by atoms with Crippen LogP contribution in [-0.4, -0.2) is 24.5 Å². The summed E-state index contributed by atoms with van der Waals surface area (Å²) >= 11 is 3.76. The van der Waals surface area contributed by atoms with Gasteiger partial charge in [0.25, 0.3) is 0 Å². The van der Waals surface area contributed by atoms with Crippen molar-refractivity contribution in [1.82, 2.24) is 9.38 Å². The van der Waals surface area contributed by atoms with Crippen LogP contribution >= 0.6 is 19.8 Å². The van der Waals surface area contributed by atoms with E-state index in [-0.39, 0.29) is 0 Å². The van der Waals surface area contributed by atoms with Crippen molar-refractivity contribution in [3.8, 4) is 0 Å². The fraction of sp³-hybridized carbons (Fsp3) is 0. The molecule has 0 unspecified atom stereocenters. The first-order valence-corrected chi connectivity index (χ1v) is 28.3. The average molecular weight is 932 g/mol. The van der Waals surface area contributed by atoms with Gasteiger partial charge in [0, 0.05) is 0 Å². The Labute approximate surface area is 373 Å². The summed E-state index contributed by atoms with van der Waals surface area (Å²) in [6.07, 6.45) is 0. The standard InChI is InChI=1S/C55H39N2O2P3Se/c58-60(40-20-7-1-8-21-40,41-22-9-2-10-23-41)46-34-36-48-49-39-47(62(63,44-28-15-5-16-29-44)45-30-17-6-18-31-45)35-37-51(49)57-52-32-19-33-53(54(52)56-55(57)50(48)38-46)61(59,42-24-11-3-12-25-42)43-26-13-4-14-27-43/h1-39H. The van der Waals surface area contributed by atoms with E-state index in [2.05, 4.69) is 117 Å². The molecule has 0 N–H and O–H groups in total. The Bertz CT molecular complexity index is 3510. The van der Waals surface area contributed by atoms with Crippen LogP contribution in [0.25, 0.3) is 38.4 Å². The van der Waals surface area contributed by atoms with Gasteiger partial charge in [0.2, 0.25) is 0 Å². The monoisotopic (exact) mass is 932 g/mol. The van der Waals surface area contributed by atoms with Crippen molar-refractivity contribution in [3.05, 3.63) is 237 Å². The number of imidazole rings is 1. The molecule has 2 heterocycles. The molecule has 0 atom stereocenters. The number of rotatable bonds is 9. The topological polar surface area (TPSA) is 51.4 Å². The summed E-state index contributed by atoms with van der Waals surface area (Å²) in [6.45, 7) is 0. The van der Waals surface area contributed by atoms with Gasteiger partial charge in [-0.15, -0.1) is 0 Å². The number of fused-ring (bicyclic) bond motifs is 8. The van der Waals surface area contributed by atoms with Gasteiger partial charge in [0.1, 0.15) is 0 Å². The van der Waals surface area contributed by atoms with Gasteiger partial charge in [0.15, 0.2) is 0 Å². The molecule has 63 heavy (non-hydrogen) atoms. The second-order valence-corrected chi connectivity index (χ2v) is 27.4. The zero-order valence-corrected chi connectivity index (χ0v) is 38.4. The van der Waals surface area contributed by atoms with Crippen molar-refractivity contribution >= 4 is 121 Å². The van der Waals surface area contributed by atoms with Gasteiger partial charge in [0.05, 0.1) is 0 Å². The second kappa shape index (κ2) is 15.9. The molecule has 0 fully saturated rings. The van der Waals surface area contributed by atoms with Crippen LogP contribution in [0.3, 0.4) is 0 Å². The van der Waals surface area contributed by atoms with E-state index >= 15 is 9.13 Å². The van der Waals surface area contributed by atoms with Crippen LogP contribution in [0.15, 0.2) is 237 Å². The predicted octanol–water partition coefficient (Wildman–Crippen LogP) is 9.45. The molecule has 2 aromatic heterocycles. The molecule has 0 saturated carbocycles. The van der Waals surface area contributed by atoms with Gasteiger partial charge in [-0.2, -0.15) is 0 Å². The summed E-state index contributed by atoms with van der Waals surface area (Å²) in [7, 11) is -6.80. The summed E-state index contributed by atoms with van der Waals surface area (Å²) in [5, 5.41) is 11.0. The predicted molar refractivity (Wildman–Crippen MR) is 271 cm³/mol. The summed E-state index contributed by atoms with van der Waals surface area (Å²) in [5.41, 5.74) is 0.964. The number of aromatic nitrogens is 2. The Morgan fingerprint density at radius 1 is 0.349 bits per heavy atom. The maximum atomic E-state index is 16.1. The van der Waals surface area contributed by atoms with Crippen LogP contribution in [0.2, 0.25) is 0 Å². The van der Waals surface area contributed by atoms with Crippen LogP contribution in [0.4, 0.5) is 0 Å². The molecular weight excluding hydrogens is 892 g/mol. The Morgan fingerprint density at radius 2 is 0.778 bits per heavy atom. The number of nitrogens with zero attached hydrogens (tertiary/aromatic N) is 2. The van der Waals surface area contributed by atoms with Crippen molar-refractivity contribution < 1.29 is 9.13 Å². The SMILES string of the molecule is O=P(c1ccccc1)(c1ccccc1)c1ccc2c3cc(P(=[Se])(c4ccccc4)c4ccccc4)ccc3n3c4cccc(P(=O)(c5ccccc5)c5ccccc5)c4nc3c2c1. The van der Waals surface area contributed by atoms with Gasteiger partial charge < -0.3 is 0 Å². The van der Waals surface area contributed by atoms with Crippen LogP contribution in [-0.2, 0) is 9.13 Å². The first-order chi connectivity index (χ1) is 30.9. The first-order valence-electron chi connectivity index (χ1n) is 20.9. The molecule has 8 heteroatoms.